The molecule has 5 heteroatoms. The van der Waals surface area contributed by atoms with Gasteiger partial charge in [0.1, 0.15) is 0 Å². The van der Waals surface area contributed by atoms with Gasteiger partial charge in [-0.3, -0.25) is 10.7 Å². The van der Waals surface area contributed by atoms with E-state index in [1.807, 2.05) is 52.6 Å². The summed E-state index contributed by atoms with van der Waals surface area (Å²) in [7, 11) is 0. The van der Waals surface area contributed by atoms with Gasteiger partial charge in [0.15, 0.2) is 0 Å². The van der Waals surface area contributed by atoms with E-state index in [1.54, 1.807) is 6.07 Å². The molecule has 0 amide bonds. The first-order valence-corrected chi connectivity index (χ1v) is 6.50. The van der Waals surface area contributed by atoms with Crippen molar-refractivity contribution in [3.8, 4) is 0 Å². The number of rotatable bonds is 4. The van der Waals surface area contributed by atoms with Gasteiger partial charge in [0.05, 0.1) is 16.8 Å². The molecule has 0 aliphatic carbocycles. The first-order valence-electron chi connectivity index (χ1n) is 6.50. The summed E-state index contributed by atoms with van der Waals surface area (Å²) >= 11 is 0. The van der Waals surface area contributed by atoms with E-state index >= 15 is 0 Å². The van der Waals surface area contributed by atoms with E-state index in [4.69, 9.17) is 0 Å². The highest BCUT2D eigenvalue weighted by Crippen LogP contribution is 2.29. The SMILES string of the molecule is O=C(O)c1ccc2ccn(Cc3ccccc3)c2c1NO. The van der Waals surface area contributed by atoms with E-state index in [0.717, 1.165) is 10.9 Å². The summed E-state index contributed by atoms with van der Waals surface area (Å²) in [5, 5.41) is 19.4. The van der Waals surface area contributed by atoms with Crippen molar-refractivity contribution in [1.29, 1.82) is 0 Å². The zero-order valence-electron chi connectivity index (χ0n) is 11.2. The highest BCUT2D eigenvalue weighted by molar-refractivity contribution is 6.04. The average Bonchev–Trinajstić information content (AvgIpc) is 2.90. The molecule has 0 unspecified atom stereocenters. The van der Waals surface area contributed by atoms with Gasteiger partial charge in [-0.15, -0.1) is 0 Å². The lowest BCUT2D eigenvalue weighted by molar-refractivity contribution is 0.0697. The van der Waals surface area contributed by atoms with E-state index in [-0.39, 0.29) is 11.3 Å². The molecule has 0 spiro atoms. The van der Waals surface area contributed by atoms with Crippen LogP contribution in [-0.4, -0.2) is 20.9 Å². The van der Waals surface area contributed by atoms with Crippen LogP contribution in [0.1, 0.15) is 15.9 Å². The van der Waals surface area contributed by atoms with Crippen LogP contribution >= 0.6 is 0 Å². The van der Waals surface area contributed by atoms with Crippen LogP contribution in [0.15, 0.2) is 54.7 Å². The van der Waals surface area contributed by atoms with Crippen LogP contribution in [0.3, 0.4) is 0 Å². The number of hydrogen-bond donors (Lipinski definition) is 3. The van der Waals surface area contributed by atoms with Gasteiger partial charge in [-0.05, 0) is 17.7 Å². The predicted octanol–water partition coefficient (Wildman–Crippen LogP) is 3.19. The Balaban J connectivity index is 2.15. The van der Waals surface area contributed by atoms with Crippen molar-refractivity contribution in [1.82, 2.24) is 4.57 Å². The smallest absolute Gasteiger partial charge is 0.337 e. The Morgan fingerprint density at radius 2 is 1.86 bits per heavy atom. The second kappa shape index (κ2) is 5.30. The molecular formula is C16H14N2O3. The molecule has 3 aromatic rings. The minimum absolute atomic E-state index is 0.0398. The molecule has 2 aromatic carbocycles. The Morgan fingerprint density at radius 3 is 2.52 bits per heavy atom. The van der Waals surface area contributed by atoms with Crippen LogP contribution in [-0.2, 0) is 6.54 Å². The normalized spacial score (nSPS) is 10.7. The fraction of sp³-hybridized carbons (Fsp3) is 0.0625. The predicted molar refractivity (Wildman–Crippen MR) is 79.9 cm³/mol. The number of hydrogen-bond acceptors (Lipinski definition) is 3. The van der Waals surface area contributed by atoms with Gasteiger partial charge < -0.3 is 9.67 Å². The molecular weight excluding hydrogens is 268 g/mol. The lowest BCUT2D eigenvalue weighted by Gasteiger charge is -2.11. The second-order valence-corrected chi connectivity index (χ2v) is 4.77. The summed E-state index contributed by atoms with van der Waals surface area (Å²) in [5.41, 5.74) is 4.04. The van der Waals surface area contributed by atoms with Crippen molar-refractivity contribution in [2.75, 3.05) is 5.48 Å². The molecule has 0 radical (unpaired) electrons. The number of fused-ring (bicyclic) bond motifs is 1. The third-order valence-corrected chi connectivity index (χ3v) is 3.47. The molecule has 3 N–H and O–H groups in total. The van der Waals surface area contributed by atoms with Crippen LogP contribution < -0.4 is 5.48 Å². The Labute approximate surface area is 121 Å². The summed E-state index contributed by atoms with van der Waals surface area (Å²) in [6, 6.07) is 15.0. The maximum atomic E-state index is 11.3. The largest absolute Gasteiger partial charge is 0.478 e. The van der Waals surface area contributed by atoms with Crippen molar-refractivity contribution in [3.63, 3.8) is 0 Å². The first-order chi connectivity index (χ1) is 10.2. The summed E-state index contributed by atoms with van der Waals surface area (Å²) in [6.07, 6.45) is 1.88. The topological polar surface area (TPSA) is 74.5 Å². The lowest BCUT2D eigenvalue weighted by atomic mass is 10.1. The number of carbonyl (C=O) groups is 1. The van der Waals surface area contributed by atoms with Crippen molar-refractivity contribution in [3.05, 3.63) is 65.9 Å². The molecule has 1 aromatic heterocycles. The summed E-state index contributed by atoms with van der Waals surface area (Å²) < 4.78 is 1.91. The fourth-order valence-electron chi connectivity index (χ4n) is 2.50. The number of aromatic carboxylic acids is 1. The molecule has 3 rings (SSSR count). The number of anilines is 1. The highest BCUT2D eigenvalue weighted by atomic mass is 16.5. The summed E-state index contributed by atoms with van der Waals surface area (Å²) in [5.74, 6) is -1.08. The Hall–Kier alpha value is -2.79. The van der Waals surface area contributed by atoms with Crippen LogP contribution in [0.5, 0.6) is 0 Å². The van der Waals surface area contributed by atoms with E-state index in [1.165, 1.54) is 6.07 Å². The van der Waals surface area contributed by atoms with Gasteiger partial charge in [0.25, 0.3) is 0 Å². The van der Waals surface area contributed by atoms with Crippen LogP contribution in [0, 0.1) is 0 Å². The summed E-state index contributed by atoms with van der Waals surface area (Å²) in [6.45, 7) is 0.599. The number of carboxylic acid groups (broad SMARTS) is 1. The molecule has 0 saturated carbocycles. The second-order valence-electron chi connectivity index (χ2n) is 4.77. The minimum atomic E-state index is -1.08. The number of carboxylic acids is 1. The monoisotopic (exact) mass is 282 g/mol. The van der Waals surface area contributed by atoms with Crippen molar-refractivity contribution < 1.29 is 15.1 Å². The molecule has 0 saturated heterocycles. The number of aromatic nitrogens is 1. The Bertz CT molecular complexity index is 794. The lowest BCUT2D eigenvalue weighted by Crippen LogP contribution is -2.06. The maximum Gasteiger partial charge on any atom is 0.337 e. The van der Waals surface area contributed by atoms with E-state index < -0.39 is 5.97 Å². The van der Waals surface area contributed by atoms with Crippen LogP contribution in [0.4, 0.5) is 5.69 Å². The molecule has 0 bridgehead atoms. The number of nitrogens with zero attached hydrogens (tertiary/aromatic N) is 1. The van der Waals surface area contributed by atoms with E-state index in [0.29, 0.717) is 12.1 Å². The number of nitrogens with one attached hydrogen (secondary N) is 1. The highest BCUT2D eigenvalue weighted by Gasteiger charge is 2.16. The van der Waals surface area contributed by atoms with Gasteiger partial charge in [-0.1, -0.05) is 36.4 Å². The standard InChI is InChI=1S/C16H14N2O3/c19-16(20)13-7-6-12-8-9-18(15(12)14(13)17-21)10-11-4-2-1-3-5-11/h1-9,17,21H,10H2,(H,19,20). The van der Waals surface area contributed by atoms with Gasteiger partial charge in [-0.25, -0.2) is 4.79 Å². The van der Waals surface area contributed by atoms with Crippen molar-refractivity contribution in [2.24, 2.45) is 0 Å². The van der Waals surface area contributed by atoms with Gasteiger partial charge in [0.2, 0.25) is 0 Å². The van der Waals surface area contributed by atoms with Crippen molar-refractivity contribution in [2.45, 2.75) is 6.54 Å². The molecule has 0 atom stereocenters. The third-order valence-electron chi connectivity index (χ3n) is 3.47. The molecule has 0 aliphatic rings. The fourth-order valence-corrected chi connectivity index (χ4v) is 2.50. The van der Waals surface area contributed by atoms with Crippen molar-refractivity contribution >= 4 is 22.6 Å². The first kappa shape index (κ1) is 13.2. The number of benzene rings is 2. The quantitative estimate of drug-likeness (QED) is 0.642. The third kappa shape index (κ3) is 2.34. The average molecular weight is 282 g/mol. The molecule has 0 fully saturated rings. The van der Waals surface area contributed by atoms with Gasteiger partial charge in [0, 0.05) is 18.1 Å². The van der Waals surface area contributed by atoms with Gasteiger partial charge in [-0.2, -0.15) is 0 Å². The van der Waals surface area contributed by atoms with E-state index in [9.17, 15) is 15.1 Å². The van der Waals surface area contributed by atoms with E-state index in [2.05, 4.69) is 0 Å². The molecule has 5 nitrogen and oxygen atoms in total. The zero-order chi connectivity index (χ0) is 14.8. The molecule has 21 heavy (non-hydrogen) atoms. The molecule has 1 heterocycles. The van der Waals surface area contributed by atoms with Crippen LogP contribution in [0.2, 0.25) is 0 Å². The molecule has 0 aliphatic heterocycles. The maximum absolute atomic E-state index is 11.3. The van der Waals surface area contributed by atoms with Crippen LogP contribution in [0.25, 0.3) is 10.9 Å². The zero-order valence-corrected chi connectivity index (χ0v) is 11.2. The molecule has 106 valence electrons. The Kier molecular flexibility index (Phi) is 3.33. The minimum Gasteiger partial charge on any atom is -0.478 e. The Morgan fingerprint density at radius 1 is 1.10 bits per heavy atom. The summed E-state index contributed by atoms with van der Waals surface area (Å²) in [4.78, 5) is 11.3. The van der Waals surface area contributed by atoms with Gasteiger partial charge >= 0.3 is 5.97 Å².